The van der Waals surface area contributed by atoms with Crippen LogP contribution in [0.25, 0.3) is 0 Å². The van der Waals surface area contributed by atoms with Gasteiger partial charge in [-0.15, -0.1) is 0 Å². The van der Waals surface area contributed by atoms with E-state index in [1.807, 2.05) is 12.1 Å². The molecular weight excluding hydrogens is 176 g/mol. The van der Waals surface area contributed by atoms with Gasteiger partial charge < -0.3 is 4.84 Å². The Hall–Kier alpha value is -1.38. The van der Waals surface area contributed by atoms with Crippen LogP contribution >= 0.6 is 0 Å². The molecule has 0 saturated carbocycles. The second-order valence-corrected chi connectivity index (χ2v) is 3.55. The van der Waals surface area contributed by atoms with E-state index in [1.54, 1.807) is 19.5 Å². The maximum atomic E-state index is 4.83. The van der Waals surface area contributed by atoms with Crippen molar-refractivity contribution in [1.82, 2.24) is 4.98 Å². The molecule has 0 aliphatic rings. The molecular formula is C11H16N2O. The molecule has 0 spiro atoms. The van der Waals surface area contributed by atoms with Gasteiger partial charge in [0.1, 0.15) is 7.11 Å². The summed E-state index contributed by atoms with van der Waals surface area (Å²) in [5.74, 6) is 0.567. The summed E-state index contributed by atoms with van der Waals surface area (Å²) in [6, 6.07) is 3.89. The van der Waals surface area contributed by atoms with E-state index in [1.165, 1.54) is 0 Å². The number of rotatable bonds is 4. The van der Waals surface area contributed by atoms with Crippen LogP contribution in [0.2, 0.25) is 0 Å². The van der Waals surface area contributed by atoms with Crippen LogP contribution in [-0.4, -0.2) is 17.8 Å². The molecule has 0 aliphatic heterocycles. The Balaban J connectivity index is 2.84. The number of hydrogen-bond donors (Lipinski definition) is 0. The van der Waals surface area contributed by atoms with Crippen molar-refractivity contribution in [3.63, 3.8) is 0 Å². The third kappa shape index (κ3) is 3.17. The minimum absolute atomic E-state index is 0.567. The Labute approximate surface area is 84.8 Å². The summed E-state index contributed by atoms with van der Waals surface area (Å²) in [7, 11) is 1.57. The first kappa shape index (κ1) is 10.7. The molecule has 1 aromatic heterocycles. The first-order chi connectivity index (χ1) is 6.74. The van der Waals surface area contributed by atoms with Gasteiger partial charge in [-0.25, -0.2) is 0 Å². The quantitative estimate of drug-likeness (QED) is 0.542. The summed E-state index contributed by atoms with van der Waals surface area (Å²) in [6.07, 6.45) is 4.44. The van der Waals surface area contributed by atoms with Crippen LogP contribution in [0.15, 0.2) is 29.7 Å². The molecule has 14 heavy (non-hydrogen) atoms. The summed E-state index contributed by atoms with van der Waals surface area (Å²) < 4.78 is 0. The molecule has 1 rings (SSSR count). The van der Waals surface area contributed by atoms with Gasteiger partial charge in [0.25, 0.3) is 0 Å². The van der Waals surface area contributed by atoms with Crippen molar-refractivity contribution in [2.45, 2.75) is 20.3 Å². The van der Waals surface area contributed by atoms with Crippen LogP contribution in [0.1, 0.15) is 25.8 Å². The Morgan fingerprint density at radius 2 is 2.07 bits per heavy atom. The van der Waals surface area contributed by atoms with E-state index < -0.39 is 0 Å². The Morgan fingerprint density at radius 1 is 1.43 bits per heavy atom. The normalized spacial score (nSPS) is 11.9. The minimum Gasteiger partial charge on any atom is -0.399 e. The molecule has 0 bridgehead atoms. The van der Waals surface area contributed by atoms with Gasteiger partial charge in [0.15, 0.2) is 0 Å². The van der Waals surface area contributed by atoms with Gasteiger partial charge in [0.2, 0.25) is 0 Å². The fraction of sp³-hybridized carbons (Fsp3) is 0.455. The molecule has 0 unspecified atom stereocenters. The lowest BCUT2D eigenvalue weighted by molar-refractivity contribution is 0.212. The van der Waals surface area contributed by atoms with Crippen molar-refractivity contribution >= 4 is 5.71 Å². The fourth-order valence-electron chi connectivity index (χ4n) is 1.25. The molecule has 1 heterocycles. The smallest absolute Gasteiger partial charge is 0.106 e. The van der Waals surface area contributed by atoms with Crippen molar-refractivity contribution in [3.05, 3.63) is 30.1 Å². The molecule has 0 amide bonds. The van der Waals surface area contributed by atoms with Crippen molar-refractivity contribution in [1.29, 1.82) is 0 Å². The Bertz CT molecular complexity index is 293. The van der Waals surface area contributed by atoms with Crippen molar-refractivity contribution in [2.75, 3.05) is 7.11 Å². The maximum absolute atomic E-state index is 4.83. The second kappa shape index (κ2) is 5.37. The molecule has 0 N–H and O–H groups in total. The average molecular weight is 192 g/mol. The molecule has 1 aromatic rings. The summed E-state index contributed by atoms with van der Waals surface area (Å²) >= 11 is 0. The number of oxime groups is 1. The van der Waals surface area contributed by atoms with Crippen LogP contribution in [0, 0.1) is 5.92 Å². The van der Waals surface area contributed by atoms with Gasteiger partial charge in [-0.1, -0.05) is 19.0 Å². The van der Waals surface area contributed by atoms with Gasteiger partial charge >= 0.3 is 0 Å². The van der Waals surface area contributed by atoms with E-state index in [9.17, 15) is 0 Å². The summed E-state index contributed by atoms with van der Waals surface area (Å²) in [4.78, 5) is 8.80. The van der Waals surface area contributed by atoms with Gasteiger partial charge in [-0.05, 0) is 24.5 Å². The van der Waals surface area contributed by atoms with E-state index in [0.717, 1.165) is 17.7 Å². The van der Waals surface area contributed by atoms with Crippen LogP contribution < -0.4 is 0 Å². The van der Waals surface area contributed by atoms with Crippen LogP contribution in [-0.2, 0) is 4.84 Å². The van der Waals surface area contributed by atoms with E-state index in [0.29, 0.717) is 5.92 Å². The third-order valence-corrected chi connectivity index (χ3v) is 1.82. The highest BCUT2D eigenvalue weighted by molar-refractivity contribution is 6.00. The van der Waals surface area contributed by atoms with Crippen molar-refractivity contribution < 1.29 is 4.84 Å². The minimum atomic E-state index is 0.567. The van der Waals surface area contributed by atoms with Gasteiger partial charge in [0, 0.05) is 18.0 Å². The molecule has 0 radical (unpaired) electrons. The van der Waals surface area contributed by atoms with Crippen molar-refractivity contribution in [3.8, 4) is 0 Å². The maximum Gasteiger partial charge on any atom is 0.106 e. The molecule has 0 aromatic carbocycles. The average Bonchev–Trinajstić information content (AvgIpc) is 2.18. The van der Waals surface area contributed by atoms with Gasteiger partial charge in [-0.2, -0.15) is 0 Å². The number of hydrogen-bond acceptors (Lipinski definition) is 3. The highest BCUT2D eigenvalue weighted by Gasteiger charge is 2.06. The van der Waals surface area contributed by atoms with Crippen molar-refractivity contribution in [2.24, 2.45) is 11.1 Å². The Kier molecular flexibility index (Phi) is 4.11. The zero-order valence-electron chi connectivity index (χ0n) is 8.90. The van der Waals surface area contributed by atoms with Crippen LogP contribution in [0.5, 0.6) is 0 Å². The lowest BCUT2D eigenvalue weighted by Crippen LogP contribution is -2.05. The van der Waals surface area contributed by atoms with Gasteiger partial charge in [-0.3, -0.25) is 4.98 Å². The molecule has 0 aliphatic carbocycles. The van der Waals surface area contributed by atoms with E-state index in [4.69, 9.17) is 4.84 Å². The molecule has 0 saturated heterocycles. The third-order valence-electron chi connectivity index (χ3n) is 1.82. The number of nitrogens with zero attached hydrogens (tertiary/aromatic N) is 2. The lowest BCUT2D eigenvalue weighted by Gasteiger charge is -2.07. The van der Waals surface area contributed by atoms with Crippen LogP contribution in [0.3, 0.4) is 0 Å². The first-order valence-electron chi connectivity index (χ1n) is 4.74. The topological polar surface area (TPSA) is 34.5 Å². The number of aromatic nitrogens is 1. The summed E-state index contributed by atoms with van der Waals surface area (Å²) in [5.41, 5.74) is 2.06. The zero-order valence-corrected chi connectivity index (χ0v) is 8.90. The second-order valence-electron chi connectivity index (χ2n) is 3.55. The first-order valence-corrected chi connectivity index (χ1v) is 4.74. The monoisotopic (exact) mass is 192 g/mol. The highest BCUT2D eigenvalue weighted by Crippen LogP contribution is 2.09. The predicted molar refractivity (Wildman–Crippen MR) is 57.2 cm³/mol. The SMILES string of the molecule is CON=C(CC(C)C)c1ccncc1. The Morgan fingerprint density at radius 3 is 2.57 bits per heavy atom. The molecule has 0 fully saturated rings. The van der Waals surface area contributed by atoms with Crippen LogP contribution in [0.4, 0.5) is 0 Å². The standard InChI is InChI=1S/C11H16N2O/c1-9(2)8-11(13-14-3)10-4-6-12-7-5-10/h4-7,9H,8H2,1-3H3. The highest BCUT2D eigenvalue weighted by atomic mass is 16.6. The van der Waals surface area contributed by atoms with E-state index >= 15 is 0 Å². The van der Waals surface area contributed by atoms with E-state index in [2.05, 4.69) is 24.0 Å². The molecule has 0 atom stereocenters. The largest absolute Gasteiger partial charge is 0.399 e. The van der Waals surface area contributed by atoms with E-state index in [-0.39, 0.29) is 0 Å². The molecule has 76 valence electrons. The fourth-order valence-corrected chi connectivity index (χ4v) is 1.25. The predicted octanol–water partition coefficient (Wildman–Crippen LogP) is 2.48. The van der Waals surface area contributed by atoms with Gasteiger partial charge in [0.05, 0.1) is 5.71 Å². The lowest BCUT2D eigenvalue weighted by atomic mass is 10.0. The molecule has 3 nitrogen and oxygen atoms in total. The zero-order chi connectivity index (χ0) is 10.4. The summed E-state index contributed by atoms with van der Waals surface area (Å²) in [5, 5.41) is 4.02. The summed E-state index contributed by atoms with van der Waals surface area (Å²) in [6.45, 7) is 4.32. The number of pyridine rings is 1. The molecule has 3 heteroatoms.